The summed E-state index contributed by atoms with van der Waals surface area (Å²) < 4.78 is 0. The molecule has 81 valence electrons. The number of rotatable bonds is 7. The van der Waals surface area contributed by atoms with E-state index in [2.05, 4.69) is 37.0 Å². The third kappa shape index (κ3) is 4.30. The Morgan fingerprint density at radius 3 is 2.73 bits per heavy atom. The van der Waals surface area contributed by atoms with E-state index in [0.717, 1.165) is 19.5 Å². The van der Waals surface area contributed by atoms with Crippen molar-refractivity contribution in [2.45, 2.75) is 25.8 Å². The first-order valence-electron chi connectivity index (χ1n) is 5.58. The van der Waals surface area contributed by atoms with Gasteiger partial charge in [0.1, 0.15) is 0 Å². The van der Waals surface area contributed by atoms with Gasteiger partial charge in [-0.3, -0.25) is 0 Å². The van der Waals surface area contributed by atoms with Crippen molar-refractivity contribution in [3.63, 3.8) is 0 Å². The van der Waals surface area contributed by atoms with E-state index in [1.54, 1.807) is 0 Å². The monoisotopic (exact) mass is 202 g/mol. The summed E-state index contributed by atoms with van der Waals surface area (Å²) in [6.07, 6.45) is 5.35. The molecule has 1 aromatic rings. The van der Waals surface area contributed by atoms with Gasteiger partial charge in [0.2, 0.25) is 0 Å². The molecule has 0 heterocycles. The molecule has 0 spiro atoms. The van der Waals surface area contributed by atoms with E-state index in [1.807, 2.05) is 12.1 Å². The quantitative estimate of drug-likeness (QED) is 0.668. The average molecular weight is 202 g/mol. The minimum atomic E-state index is 0.930. The van der Waals surface area contributed by atoms with Crippen LogP contribution in [0.1, 0.15) is 30.4 Å². The van der Waals surface area contributed by atoms with Crippen molar-refractivity contribution in [2.75, 3.05) is 6.54 Å². The van der Waals surface area contributed by atoms with Crippen molar-refractivity contribution in [1.29, 1.82) is 0 Å². The minimum absolute atomic E-state index is 0.930. The third-order valence-corrected chi connectivity index (χ3v) is 2.44. The normalized spacial score (nSPS) is 10.2. The van der Waals surface area contributed by atoms with Gasteiger partial charge < -0.3 is 5.32 Å². The first kappa shape index (κ1) is 12.0. The Hall–Kier alpha value is -1.08. The fourth-order valence-corrected chi connectivity index (χ4v) is 1.54. The molecule has 15 heavy (non-hydrogen) atoms. The lowest BCUT2D eigenvalue weighted by Crippen LogP contribution is -2.15. The zero-order valence-corrected chi connectivity index (χ0v) is 9.34. The van der Waals surface area contributed by atoms with Crippen LogP contribution in [0.2, 0.25) is 0 Å². The summed E-state index contributed by atoms with van der Waals surface area (Å²) >= 11 is 0. The number of nitrogens with one attached hydrogen (secondary N) is 1. The predicted molar refractivity (Wildman–Crippen MR) is 67.4 cm³/mol. The van der Waals surface area contributed by atoms with Crippen molar-refractivity contribution in [1.82, 2.24) is 5.32 Å². The SMILES string of the molecule is [CH2]CCCCNCc1ccccc1C=C. The largest absolute Gasteiger partial charge is 0.313 e. The average Bonchev–Trinajstić information content (AvgIpc) is 2.29. The Labute approximate surface area is 93.2 Å². The second kappa shape index (κ2) is 7.24. The van der Waals surface area contributed by atoms with Gasteiger partial charge in [-0.05, 0) is 24.1 Å². The van der Waals surface area contributed by atoms with Gasteiger partial charge in [-0.1, -0.05) is 56.7 Å². The summed E-state index contributed by atoms with van der Waals surface area (Å²) in [4.78, 5) is 0. The van der Waals surface area contributed by atoms with E-state index in [0.29, 0.717) is 0 Å². The third-order valence-electron chi connectivity index (χ3n) is 2.44. The molecule has 0 aliphatic heterocycles. The Morgan fingerprint density at radius 2 is 2.00 bits per heavy atom. The summed E-state index contributed by atoms with van der Waals surface area (Å²) in [5, 5.41) is 3.44. The summed E-state index contributed by atoms with van der Waals surface area (Å²) in [5.74, 6) is 0. The number of hydrogen-bond acceptors (Lipinski definition) is 1. The highest BCUT2D eigenvalue weighted by Crippen LogP contribution is 2.09. The standard InChI is InChI=1S/C14H20N/c1-3-5-8-11-15-12-14-10-7-6-9-13(14)4-2/h4,6-7,9-10,15H,1-3,5,8,11-12H2. The molecule has 0 unspecified atom stereocenters. The molecular formula is C14H20N. The Balaban J connectivity index is 2.33. The second-order valence-electron chi connectivity index (χ2n) is 3.64. The maximum atomic E-state index is 3.83. The van der Waals surface area contributed by atoms with Crippen molar-refractivity contribution in [3.05, 3.63) is 48.9 Å². The lowest BCUT2D eigenvalue weighted by molar-refractivity contribution is 0.626. The van der Waals surface area contributed by atoms with Crippen molar-refractivity contribution >= 4 is 6.08 Å². The van der Waals surface area contributed by atoms with Crippen molar-refractivity contribution in [3.8, 4) is 0 Å². The van der Waals surface area contributed by atoms with E-state index in [1.165, 1.54) is 24.0 Å². The Morgan fingerprint density at radius 1 is 1.20 bits per heavy atom. The van der Waals surface area contributed by atoms with Gasteiger partial charge in [-0.25, -0.2) is 0 Å². The van der Waals surface area contributed by atoms with Gasteiger partial charge >= 0.3 is 0 Å². The van der Waals surface area contributed by atoms with Gasteiger partial charge in [-0.2, -0.15) is 0 Å². The van der Waals surface area contributed by atoms with Crippen LogP contribution in [-0.2, 0) is 6.54 Å². The van der Waals surface area contributed by atoms with Crippen LogP contribution in [0.25, 0.3) is 6.08 Å². The molecule has 0 aromatic heterocycles. The fraction of sp³-hybridized carbons (Fsp3) is 0.357. The van der Waals surface area contributed by atoms with Gasteiger partial charge in [-0.15, -0.1) is 0 Å². The lowest BCUT2D eigenvalue weighted by Gasteiger charge is -2.07. The van der Waals surface area contributed by atoms with Crippen molar-refractivity contribution in [2.24, 2.45) is 0 Å². The summed E-state index contributed by atoms with van der Waals surface area (Å²) in [7, 11) is 0. The molecule has 0 aliphatic rings. The molecule has 0 saturated heterocycles. The van der Waals surface area contributed by atoms with Crippen LogP contribution in [0.4, 0.5) is 0 Å². The molecule has 0 fully saturated rings. The predicted octanol–water partition coefficient (Wildman–Crippen LogP) is 3.42. The highest BCUT2D eigenvalue weighted by molar-refractivity contribution is 5.51. The number of hydrogen-bond donors (Lipinski definition) is 1. The Bertz CT molecular complexity index is 291. The van der Waals surface area contributed by atoms with Crippen LogP contribution in [-0.4, -0.2) is 6.54 Å². The minimum Gasteiger partial charge on any atom is -0.313 e. The zero-order chi connectivity index (χ0) is 10.9. The fourth-order valence-electron chi connectivity index (χ4n) is 1.54. The molecule has 0 amide bonds. The molecular weight excluding hydrogens is 182 g/mol. The van der Waals surface area contributed by atoms with Crippen LogP contribution < -0.4 is 5.32 Å². The highest BCUT2D eigenvalue weighted by atomic mass is 14.8. The molecule has 0 aliphatic carbocycles. The molecule has 0 atom stereocenters. The van der Waals surface area contributed by atoms with Gasteiger partial charge in [0.05, 0.1) is 0 Å². The molecule has 1 aromatic carbocycles. The molecule has 1 heteroatoms. The van der Waals surface area contributed by atoms with Crippen molar-refractivity contribution < 1.29 is 0 Å². The van der Waals surface area contributed by atoms with Crippen LogP contribution in [0, 0.1) is 6.92 Å². The van der Waals surface area contributed by atoms with Crippen LogP contribution in [0.15, 0.2) is 30.8 Å². The maximum absolute atomic E-state index is 3.83. The zero-order valence-electron chi connectivity index (χ0n) is 9.34. The van der Waals surface area contributed by atoms with E-state index in [-0.39, 0.29) is 0 Å². The molecule has 0 saturated carbocycles. The van der Waals surface area contributed by atoms with Crippen LogP contribution >= 0.6 is 0 Å². The van der Waals surface area contributed by atoms with E-state index >= 15 is 0 Å². The Kier molecular flexibility index (Phi) is 5.79. The molecule has 1 radical (unpaired) electrons. The topological polar surface area (TPSA) is 12.0 Å². The van der Waals surface area contributed by atoms with E-state index in [9.17, 15) is 0 Å². The number of unbranched alkanes of at least 4 members (excludes halogenated alkanes) is 2. The molecule has 1 nitrogen and oxygen atoms in total. The summed E-state index contributed by atoms with van der Waals surface area (Å²) in [5.41, 5.74) is 2.55. The summed E-state index contributed by atoms with van der Waals surface area (Å²) in [6, 6.07) is 8.36. The smallest absolute Gasteiger partial charge is 0.0211 e. The van der Waals surface area contributed by atoms with Crippen LogP contribution in [0.5, 0.6) is 0 Å². The van der Waals surface area contributed by atoms with E-state index in [4.69, 9.17) is 0 Å². The first-order valence-corrected chi connectivity index (χ1v) is 5.58. The maximum Gasteiger partial charge on any atom is 0.0211 e. The summed E-state index contributed by atoms with van der Waals surface area (Å²) in [6.45, 7) is 9.64. The van der Waals surface area contributed by atoms with E-state index < -0.39 is 0 Å². The molecule has 0 bridgehead atoms. The van der Waals surface area contributed by atoms with Crippen LogP contribution in [0.3, 0.4) is 0 Å². The lowest BCUT2D eigenvalue weighted by atomic mass is 10.1. The highest BCUT2D eigenvalue weighted by Gasteiger charge is 1.96. The van der Waals surface area contributed by atoms with Gasteiger partial charge in [0, 0.05) is 6.54 Å². The number of benzene rings is 1. The molecule has 1 N–H and O–H groups in total. The van der Waals surface area contributed by atoms with Gasteiger partial charge in [0.25, 0.3) is 0 Å². The molecule has 1 rings (SSSR count). The first-order chi connectivity index (χ1) is 7.38. The van der Waals surface area contributed by atoms with Gasteiger partial charge in [0.15, 0.2) is 0 Å². The second-order valence-corrected chi connectivity index (χ2v) is 3.64.